The molecule has 0 bridgehead atoms. The quantitative estimate of drug-likeness (QED) is 0.472. The van der Waals surface area contributed by atoms with E-state index >= 15 is 0 Å². The van der Waals surface area contributed by atoms with Gasteiger partial charge in [0.15, 0.2) is 0 Å². The summed E-state index contributed by atoms with van der Waals surface area (Å²) < 4.78 is 0. The van der Waals surface area contributed by atoms with Crippen molar-refractivity contribution in [2.75, 3.05) is 0 Å². The van der Waals surface area contributed by atoms with Crippen LogP contribution in [0.25, 0.3) is 44.0 Å². The van der Waals surface area contributed by atoms with Gasteiger partial charge in [-0.2, -0.15) is 0 Å². The zero-order chi connectivity index (χ0) is 13.8. The Morgan fingerprint density at radius 3 is 2.48 bits per heavy atom. The van der Waals surface area contributed by atoms with E-state index in [0.717, 1.165) is 38.6 Å². The zero-order valence-corrected chi connectivity index (χ0v) is 11.0. The Kier molecular flexibility index (Phi) is 1.92. The monoisotopic (exact) mass is 270 g/mol. The molecule has 0 atom stereocenters. The zero-order valence-electron chi connectivity index (χ0n) is 11.0. The summed E-state index contributed by atoms with van der Waals surface area (Å²) in [6, 6.07) is 12.3. The maximum atomic E-state index is 4.63. The molecule has 5 rings (SSSR count). The minimum atomic E-state index is 0.964. The van der Waals surface area contributed by atoms with Crippen molar-refractivity contribution < 1.29 is 0 Å². The van der Waals surface area contributed by atoms with E-state index in [1.54, 1.807) is 6.33 Å². The average Bonchev–Trinajstić information content (AvgIpc) is 3.07. The van der Waals surface area contributed by atoms with Gasteiger partial charge in [0.05, 0.1) is 22.4 Å². The minimum absolute atomic E-state index is 0.964. The number of H-pyrrole nitrogens is 1. The van der Waals surface area contributed by atoms with Gasteiger partial charge in [-0.05, 0) is 30.3 Å². The molecule has 0 spiro atoms. The van der Waals surface area contributed by atoms with Crippen LogP contribution >= 0.6 is 0 Å². The maximum absolute atomic E-state index is 4.63. The highest BCUT2D eigenvalue weighted by Gasteiger charge is 2.13. The Balaban J connectivity index is 2.07. The molecule has 98 valence electrons. The van der Waals surface area contributed by atoms with Gasteiger partial charge in [-0.3, -0.25) is 4.98 Å². The summed E-state index contributed by atoms with van der Waals surface area (Å²) in [7, 11) is 0. The fourth-order valence-corrected chi connectivity index (χ4v) is 3.06. The lowest BCUT2D eigenvalue weighted by Gasteiger charge is -2.11. The highest BCUT2D eigenvalue weighted by atomic mass is 14.8. The van der Waals surface area contributed by atoms with E-state index in [-0.39, 0.29) is 0 Å². The summed E-state index contributed by atoms with van der Waals surface area (Å²) in [6.07, 6.45) is 5.45. The summed E-state index contributed by atoms with van der Waals surface area (Å²) in [5.74, 6) is 0. The van der Waals surface area contributed by atoms with Gasteiger partial charge in [-0.1, -0.05) is 6.07 Å². The first kappa shape index (κ1) is 10.7. The second kappa shape index (κ2) is 3.76. The molecule has 1 N–H and O–H groups in total. The number of aromatic nitrogens is 4. The molecule has 0 aliphatic rings. The number of rotatable bonds is 1. The molecule has 2 aromatic carbocycles. The fourth-order valence-electron chi connectivity index (χ4n) is 3.06. The number of aromatic amines is 1. The third-order valence-corrected chi connectivity index (χ3v) is 3.98. The average molecular weight is 270 g/mol. The van der Waals surface area contributed by atoms with Gasteiger partial charge < -0.3 is 4.98 Å². The van der Waals surface area contributed by atoms with Crippen LogP contribution in [0, 0.1) is 0 Å². The number of hydrogen-bond acceptors (Lipinski definition) is 3. The molecule has 0 fully saturated rings. The van der Waals surface area contributed by atoms with Crippen molar-refractivity contribution in [2.45, 2.75) is 0 Å². The molecule has 0 saturated carbocycles. The van der Waals surface area contributed by atoms with Gasteiger partial charge in [0.2, 0.25) is 0 Å². The number of nitrogens with one attached hydrogen (secondary N) is 1. The summed E-state index contributed by atoms with van der Waals surface area (Å²) in [6.45, 7) is 0. The predicted octanol–water partition coefficient (Wildman–Crippen LogP) is 3.76. The number of nitrogens with zero attached hydrogens (tertiary/aromatic N) is 3. The largest absolute Gasteiger partial charge is 0.360 e. The number of pyridine rings is 1. The molecule has 0 aliphatic carbocycles. The third-order valence-electron chi connectivity index (χ3n) is 3.98. The molecule has 0 aliphatic heterocycles. The Bertz CT molecular complexity index is 1060. The van der Waals surface area contributed by atoms with Gasteiger partial charge in [0, 0.05) is 33.9 Å². The van der Waals surface area contributed by atoms with Crippen LogP contribution in [0.5, 0.6) is 0 Å². The van der Waals surface area contributed by atoms with Crippen LogP contribution in [-0.4, -0.2) is 19.9 Å². The van der Waals surface area contributed by atoms with Crippen molar-refractivity contribution in [3.8, 4) is 11.4 Å². The van der Waals surface area contributed by atoms with Crippen LogP contribution in [0.3, 0.4) is 0 Å². The van der Waals surface area contributed by atoms with Crippen LogP contribution < -0.4 is 0 Å². The third kappa shape index (κ3) is 1.36. The van der Waals surface area contributed by atoms with Gasteiger partial charge >= 0.3 is 0 Å². The molecule has 0 unspecified atom stereocenters. The molecule has 5 aromatic rings. The lowest BCUT2D eigenvalue weighted by molar-refractivity contribution is 1.26. The van der Waals surface area contributed by atoms with Gasteiger partial charge in [0.1, 0.15) is 6.33 Å². The molecular weight excluding hydrogens is 260 g/mol. The topological polar surface area (TPSA) is 54.5 Å². The first-order chi connectivity index (χ1) is 10.4. The Labute approximate surface area is 119 Å². The first-order valence-corrected chi connectivity index (χ1v) is 6.80. The highest BCUT2D eigenvalue weighted by molar-refractivity contribution is 6.23. The molecule has 3 aromatic heterocycles. The van der Waals surface area contributed by atoms with Crippen molar-refractivity contribution in [2.24, 2.45) is 0 Å². The molecule has 0 amide bonds. The predicted molar refractivity (Wildman–Crippen MR) is 83.3 cm³/mol. The molecule has 21 heavy (non-hydrogen) atoms. The Morgan fingerprint density at radius 1 is 0.810 bits per heavy atom. The van der Waals surface area contributed by atoms with Crippen molar-refractivity contribution in [3.05, 3.63) is 55.1 Å². The van der Waals surface area contributed by atoms with Crippen molar-refractivity contribution >= 4 is 32.6 Å². The van der Waals surface area contributed by atoms with Gasteiger partial charge in [-0.25, -0.2) is 9.97 Å². The first-order valence-electron chi connectivity index (χ1n) is 6.80. The lowest BCUT2D eigenvalue weighted by Crippen LogP contribution is -1.92. The molecular formula is C17H10N4. The summed E-state index contributed by atoms with van der Waals surface area (Å²) in [5.41, 5.74) is 3.93. The van der Waals surface area contributed by atoms with Crippen LogP contribution in [0.1, 0.15) is 0 Å². The van der Waals surface area contributed by atoms with Crippen LogP contribution in [0.4, 0.5) is 0 Å². The van der Waals surface area contributed by atoms with Crippen LogP contribution in [-0.2, 0) is 0 Å². The molecule has 4 nitrogen and oxygen atoms in total. The molecule has 0 saturated heterocycles. The summed E-state index contributed by atoms with van der Waals surface area (Å²) in [4.78, 5) is 16.6. The minimum Gasteiger partial charge on any atom is -0.360 e. The van der Waals surface area contributed by atoms with E-state index in [1.165, 1.54) is 5.39 Å². The van der Waals surface area contributed by atoms with Crippen molar-refractivity contribution in [1.82, 2.24) is 19.9 Å². The van der Waals surface area contributed by atoms with E-state index in [4.69, 9.17) is 0 Å². The number of hydrogen-bond donors (Lipinski definition) is 1. The van der Waals surface area contributed by atoms with E-state index < -0.39 is 0 Å². The Morgan fingerprint density at radius 2 is 1.67 bits per heavy atom. The van der Waals surface area contributed by atoms with E-state index in [0.29, 0.717) is 0 Å². The summed E-state index contributed by atoms with van der Waals surface area (Å²) in [5, 5.41) is 4.55. The normalized spacial score (nSPS) is 11.8. The maximum Gasteiger partial charge on any atom is 0.116 e. The fraction of sp³-hybridized carbons (Fsp3) is 0. The van der Waals surface area contributed by atoms with E-state index in [9.17, 15) is 0 Å². The Hall–Kier alpha value is -3.01. The van der Waals surface area contributed by atoms with Crippen LogP contribution in [0.2, 0.25) is 0 Å². The summed E-state index contributed by atoms with van der Waals surface area (Å²) >= 11 is 0. The van der Waals surface area contributed by atoms with Crippen molar-refractivity contribution in [1.29, 1.82) is 0 Å². The molecule has 4 heteroatoms. The second-order valence-corrected chi connectivity index (χ2v) is 5.12. The van der Waals surface area contributed by atoms with E-state index in [2.05, 4.69) is 32.1 Å². The lowest BCUT2D eigenvalue weighted by atomic mass is 9.98. The van der Waals surface area contributed by atoms with Gasteiger partial charge in [-0.15, -0.1) is 0 Å². The SMILES string of the molecule is c1c[nH]c(-c2ncc3ccc4ncnc5ccc2c3c45)c1. The second-order valence-electron chi connectivity index (χ2n) is 5.12. The smallest absolute Gasteiger partial charge is 0.116 e. The van der Waals surface area contributed by atoms with E-state index in [1.807, 2.05) is 36.7 Å². The van der Waals surface area contributed by atoms with Crippen molar-refractivity contribution in [3.63, 3.8) is 0 Å². The van der Waals surface area contributed by atoms with Gasteiger partial charge in [0.25, 0.3) is 0 Å². The number of benzene rings is 2. The molecule has 3 heterocycles. The standard InChI is InChI=1S/C17H10N4/c1-2-14(18-7-1)17-11-4-6-13-16-12(20-9-21-13)5-3-10(8-19-17)15(11)16/h1-9,18H. The van der Waals surface area contributed by atoms with Crippen LogP contribution in [0.15, 0.2) is 55.1 Å². The molecule has 0 radical (unpaired) electrons. The highest BCUT2D eigenvalue weighted by Crippen LogP contribution is 2.35.